The lowest BCUT2D eigenvalue weighted by Gasteiger charge is -2.20. The number of hydrogen-bond acceptors (Lipinski definition) is 2. The molecule has 17 heavy (non-hydrogen) atoms. The molecule has 2 unspecified atom stereocenters. The molecule has 0 amide bonds. The minimum absolute atomic E-state index is 0.445. The van der Waals surface area contributed by atoms with Gasteiger partial charge in [0, 0.05) is 21.6 Å². The van der Waals surface area contributed by atoms with Crippen molar-refractivity contribution in [3.8, 4) is 0 Å². The van der Waals surface area contributed by atoms with Crippen molar-refractivity contribution in [2.24, 2.45) is 0 Å². The standard InChI is InChI=1S/C13H18BrClN2/c1-9(7-11-3-2-6-16-11)17-13-8-10(15)4-5-12(13)14/h4-5,8-9,11,16-17H,2-3,6-7H2,1H3. The van der Waals surface area contributed by atoms with Gasteiger partial charge in [0.25, 0.3) is 0 Å². The maximum absolute atomic E-state index is 6.00. The highest BCUT2D eigenvalue weighted by atomic mass is 79.9. The molecule has 1 saturated heterocycles. The van der Waals surface area contributed by atoms with E-state index < -0.39 is 0 Å². The molecule has 1 aromatic rings. The van der Waals surface area contributed by atoms with E-state index in [1.807, 2.05) is 18.2 Å². The lowest BCUT2D eigenvalue weighted by Crippen LogP contribution is -2.29. The molecule has 0 aromatic heterocycles. The number of hydrogen-bond donors (Lipinski definition) is 2. The first-order valence-corrected chi connectivity index (χ1v) is 7.27. The van der Waals surface area contributed by atoms with Gasteiger partial charge < -0.3 is 10.6 Å². The van der Waals surface area contributed by atoms with E-state index in [1.54, 1.807) is 0 Å². The van der Waals surface area contributed by atoms with Crippen molar-refractivity contribution < 1.29 is 0 Å². The van der Waals surface area contributed by atoms with Gasteiger partial charge in [-0.15, -0.1) is 0 Å². The molecule has 2 nitrogen and oxygen atoms in total. The normalized spacial score (nSPS) is 21.5. The number of anilines is 1. The van der Waals surface area contributed by atoms with E-state index in [2.05, 4.69) is 33.5 Å². The molecule has 1 heterocycles. The fourth-order valence-corrected chi connectivity index (χ4v) is 2.85. The zero-order valence-electron chi connectivity index (χ0n) is 9.97. The van der Waals surface area contributed by atoms with Crippen LogP contribution in [-0.4, -0.2) is 18.6 Å². The maximum Gasteiger partial charge on any atom is 0.0501 e. The summed E-state index contributed by atoms with van der Waals surface area (Å²) in [6.45, 7) is 3.38. The largest absolute Gasteiger partial charge is 0.382 e. The van der Waals surface area contributed by atoms with Crippen LogP contribution >= 0.6 is 27.5 Å². The van der Waals surface area contributed by atoms with Gasteiger partial charge in [-0.05, 0) is 66.9 Å². The van der Waals surface area contributed by atoms with Gasteiger partial charge in [0.15, 0.2) is 0 Å². The predicted molar refractivity (Wildman–Crippen MR) is 77.9 cm³/mol. The average molecular weight is 318 g/mol. The third-order valence-corrected chi connectivity index (χ3v) is 4.06. The molecule has 0 saturated carbocycles. The SMILES string of the molecule is CC(CC1CCCN1)Nc1cc(Cl)ccc1Br. The molecule has 1 aliphatic heterocycles. The number of rotatable bonds is 4. The van der Waals surface area contributed by atoms with Crippen LogP contribution in [0.3, 0.4) is 0 Å². The minimum Gasteiger partial charge on any atom is -0.382 e. The van der Waals surface area contributed by atoms with Gasteiger partial charge in [0.1, 0.15) is 0 Å². The van der Waals surface area contributed by atoms with E-state index in [-0.39, 0.29) is 0 Å². The second kappa shape index (κ2) is 6.07. The van der Waals surface area contributed by atoms with Gasteiger partial charge >= 0.3 is 0 Å². The molecule has 2 rings (SSSR count). The summed E-state index contributed by atoms with van der Waals surface area (Å²) in [6, 6.07) is 6.94. The van der Waals surface area contributed by atoms with Crippen LogP contribution in [0.25, 0.3) is 0 Å². The first-order chi connectivity index (χ1) is 8.15. The molecule has 2 atom stereocenters. The summed E-state index contributed by atoms with van der Waals surface area (Å²) in [5.74, 6) is 0. The first kappa shape index (κ1) is 13.2. The van der Waals surface area contributed by atoms with Crippen LogP contribution in [0.1, 0.15) is 26.2 Å². The van der Waals surface area contributed by atoms with E-state index >= 15 is 0 Å². The Balaban J connectivity index is 1.92. The molecule has 94 valence electrons. The Hall–Kier alpha value is -0.250. The summed E-state index contributed by atoms with van der Waals surface area (Å²) < 4.78 is 1.06. The van der Waals surface area contributed by atoms with Crippen LogP contribution in [0, 0.1) is 0 Å². The van der Waals surface area contributed by atoms with Gasteiger partial charge in [-0.1, -0.05) is 11.6 Å². The Kier molecular flexibility index (Phi) is 4.71. The van der Waals surface area contributed by atoms with Crippen LogP contribution in [0.4, 0.5) is 5.69 Å². The lowest BCUT2D eigenvalue weighted by atomic mass is 10.1. The predicted octanol–water partition coefficient (Wildman–Crippen LogP) is 4.05. The molecule has 0 bridgehead atoms. The van der Waals surface area contributed by atoms with Crippen LogP contribution in [0.5, 0.6) is 0 Å². The molecule has 1 aliphatic rings. The minimum atomic E-state index is 0.445. The number of nitrogens with one attached hydrogen (secondary N) is 2. The zero-order chi connectivity index (χ0) is 12.3. The monoisotopic (exact) mass is 316 g/mol. The van der Waals surface area contributed by atoms with Crippen molar-refractivity contribution in [2.45, 2.75) is 38.3 Å². The molecule has 2 N–H and O–H groups in total. The Morgan fingerprint density at radius 1 is 1.59 bits per heavy atom. The van der Waals surface area contributed by atoms with E-state index in [0.29, 0.717) is 12.1 Å². The second-order valence-electron chi connectivity index (χ2n) is 4.70. The van der Waals surface area contributed by atoms with Crippen LogP contribution in [-0.2, 0) is 0 Å². The molecule has 4 heteroatoms. The zero-order valence-corrected chi connectivity index (χ0v) is 12.3. The lowest BCUT2D eigenvalue weighted by molar-refractivity contribution is 0.523. The quantitative estimate of drug-likeness (QED) is 0.875. The highest BCUT2D eigenvalue weighted by Crippen LogP contribution is 2.27. The van der Waals surface area contributed by atoms with Crippen molar-refractivity contribution in [2.75, 3.05) is 11.9 Å². The fourth-order valence-electron chi connectivity index (χ4n) is 2.32. The smallest absolute Gasteiger partial charge is 0.0501 e. The maximum atomic E-state index is 6.00. The summed E-state index contributed by atoms with van der Waals surface area (Å²) in [4.78, 5) is 0. The summed E-state index contributed by atoms with van der Waals surface area (Å²) in [6.07, 6.45) is 3.75. The van der Waals surface area contributed by atoms with E-state index in [0.717, 1.165) is 28.1 Å². The van der Waals surface area contributed by atoms with Crippen molar-refractivity contribution in [1.82, 2.24) is 5.32 Å². The fraction of sp³-hybridized carbons (Fsp3) is 0.538. The van der Waals surface area contributed by atoms with Crippen LogP contribution < -0.4 is 10.6 Å². The average Bonchev–Trinajstić information content (AvgIpc) is 2.76. The van der Waals surface area contributed by atoms with E-state index in [9.17, 15) is 0 Å². The molecule has 1 fully saturated rings. The Morgan fingerprint density at radius 3 is 3.12 bits per heavy atom. The highest BCUT2D eigenvalue weighted by Gasteiger charge is 2.17. The molecule has 1 aromatic carbocycles. The Morgan fingerprint density at radius 2 is 2.41 bits per heavy atom. The Labute approximate surface area is 116 Å². The summed E-state index contributed by atoms with van der Waals surface area (Å²) >= 11 is 9.53. The molecule has 0 spiro atoms. The van der Waals surface area contributed by atoms with Gasteiger partial charge in [0.2, 0.25) is 0 Å². The third kappa shape index (κ3) is 3.87. The molecule has 0 aliphatic carbocycles. The van der Waals surface area contributed by atoms with Crippen LogP contribution in [0.15, 0.2) is 22.7 Å². The topological polar surface area (TPSA) is 24.1 Å². The molecular formula is C13H18BrClN2. The second-order valence-corrected chi connectivity index (χ2v) is 5.99. The highest BCUT2D eigenvalue weighted by molar-refractivity contribution is 9.10. The molecule has 0 radical (unpaired) electrons. The van der Waals surface area contributed by atoms with Crippen molar-refractivity contribution in [3.63, 3.8) is 0 Å². The van der Waals surface area contributed by atoms with Crippen molar-refractivity contribution in [3.05, 3.63) is 27.7 Å². The first-order valence-electron chi connectivity index (χ1n) is 6.10. The van der Waals surface area contributed by atoms with Crippen molar-refractivity contribution in [1.29, 1.82) is 0 Å². The number of halogens is 2. The van der Waals surface area contributed by atoms with Gasteiger partial charge in [0.05, 0.1) is 5.69 Å². The molecular weight excluding hydrogens is 300 g/mol. The van der Waals surface area contributed by atoms with Crippen LogP contribution in [0.2, 0.25) is 5.02 Å². The summed E-state index contributed by atoms with van der Waals surface area (Å²) in [5, 5.41) is 7.79. The third-order valence-electron chi connectivity index (χ3n) is 3.13. The van der Waals surface area contributed by atoms with Gasteiger partial charge in [-0.3, -0.25) is 0 Å². The van der Waals surface area contributed by atoms with Gasteiger partial charge in [-0.2, -0.15) is 0 Å². The van der Waals surface area contributed by atoms with Gasteiger partial charge in [-0.25, -0.2) is 0 Å². The van der Waals surface area contributed by atoms with Crippen molar-refractivity contribution >= 4 is 33.2 Å². The Bertz CT molecular complexity index is 378. The summed E-state index contributed by atoms with van der Waals surface area (Å²) in [5.41, 5.74) is 1.07. The van der Waals surface area contributed by atoms with E-state index in [1.165, 1.54) is 12.8 Å². The summed E-state index contributed by atoms with van der Waals surface area (Å²) in [7, 11) is 0. The van der Waals surface area contributed by atoms with E-state index in [4.69, 9.17) is 11.6 Å². The number of benzene rings is 1.